The molecule has 1 aromatic heterocycles. The Morgan fingerprint density at radius 3 is 3.00 bits per heavy atom. The molecular weight excluding hydrogens is 228 g/mol. The first kappa shape index (κ1) is 12.3. The molecule has 1 aromatic carbocycles. The highest BCUT2D eigenvalue weighted by Crippen LogP contribution is 2.23. The number of ether oxygens (including phenoxy) is 1. The molecule has 0 bridgehead atoms. The van der Waals surface area contributed by atoms with Gasteiger partial charge in [-0.1, -0.05) is 6.92 Å². The van der Waals surface area contributed by atoms with Crippen LogP contribution in [0.4, 0.5) is 11.4 Å². The van der Waals surface area contributed by atoms with E-state index in [1.807, 2.05) is 24.3 Å². The van der Waals surface area contributed by atoms with E-state index < -0.39 is 0 Å². The Morgan fingerprint density at radius 1 is 1.39 bits per heavy atom. The lowest BCUT2D eigenvalue weighted by Crippen LogP contribution is -2.02. The lowest BCUT2D eigenvalue weighted by atomic mass is 10.2. The van der Waals surface area contributed by atoms with E-state index in [2.05, 4.69) is 22.4 Å². The van der Waals surface area contributed by atoms with E-state index >= 15 is 0 Å². The highest BCUT2D eigenvalue weighted by molar-refractivity contribution is 5.59. The lowest BCUT2D eigenvalue weighted by Gasteiger charge is -2.10. The molecule has 18 heavy (non-hydrogen) atoms. The number of aromatic amines is 1. The number of rotatable bonds is 6. The van der Waals surface area contributed by atoms with Gasteiger partial charge in [-0.3, -0.25) is 5.10 Å². The maximum Gasteiger partial charge on any atom is 0.123 e. The average molecular weight is 246 g/mol. The molecule has 0 spiro atoms. The number of nitrogens with zero attached hydrogens (tertiary/aromatic N) is 1. The molecule has 0 aliphatic carbocycles. The van der Waals surface area contributed by atoms with Crippen LogP contribution in [0.1, 0.15) is 19.0 Å². The number of nitrogens with two attached hydrogens (primary N) is 1. The second-order valence-electron chi connectivity index (χ2n) is 4.07. The highest BCUT2D eigenvalue weighted by atomic mass is 16.5. The zero-order chi connectivity index (χ0) is 12.8. The van der Waals surface area contributed by atoms with Crippen LogP contribution in [0.5, 0.6) is 5.75 Å². The molecule has 2 rings (SSSR count). The molecule has 4 N–H and O–H groups in total. The molecule has 0 aliphatic rings. The fraction of sp³-hybridized carbons (Fsp3) is 0.308. The van der Waals surface area contributed by atoms with Crippen LogP contribution >= 0.6 is 0 Å². The van der Waals surface area contributed by atoms with Gasteiger partial charge >= 0.3 is 0 Å². The minimum absolute atomic E-state index is 0.677. The Morgan fingerprint density at radius 2 is 2.28 bits per heavy atom. The molecule has 0 saturated carbocycles. The van der Waals surface area contributed by atoms with Crippen molar-refractivity contribution in [3.8, 4) is 5.75 Å². The van der Waals surface area contributed by atoms with Crippen molar-refractivity contribution in [2.24, 2.45) is 0 Å². The number of aromatic nitrogens is 2. The van der Waals surface area contributed by atoms with E-state index in [0.717, 1.165) is 23.6 Å². The molecule has 0 unspecified atom stereocenters. The van der Waals surface area contributed by atoms with E-state index in [9.17, 15) is 0 Å². The SMILES string of the molecule is CCCOc1cc(N)cc(NCc2ccn[nH]2)c1. The van der Waals surface area contributed by atoms with Crippen molar-refractivity contribution in [3.63, 3.8) is 0 Å². The zero-order valence-electron chi connectivity index (χ0n) is 10.4. The Hall–Kier alpha value is -2.17. The standard InChI is InChI=1S/C13H18N4O/c1-2-5-18-13-7-10(14)6-12(8-13)15-9-11-3-4-16-17-11/h3-4,6-8,15H,2,5,9,14H2,1H3,(H,16,17). The zero-order valence-corrected chi connectivity index (χ0v) is 10.4. The summed E-state index contributed by atoms with van der Waals surface area (Å²) in [5.74, 6) is 0.795. The van der Waals surface area contributed by atoms with Crippen molar-refractivity contribution in [3.05, 3.63) is 36.2 Å². The van der Waals surface area contributed by atoms with Crippen LogP contribution in [0.15, 0.2) is 30.5 Å². The second-order valence-corrected chi connectivity index (χ2v) is 4.07. The van der Waals surface area contributed by atoms with Crippen molar-refractivity contribution < 1.29 is 4.74 Å². The smallest absolute Gasteiger partial charge is 0.123 e. The van der Waals surface area contributed by atoms with E-state index in [4.69, 9.17) is 10.5 Å². The molecule has 5 nitrogen and oxygen atoms in total. The molecule has 0 aliphatic heterocycles. The summed E-state index contributed by atoms with van der Waals surface area (Å²) in [6.45, 7) is 3.45. The van der Waals surface area contributed by atoms with Crippen molar-refractivity contribution in [1.29, 1.82) is 0 Å². The maximum atomic E-state index is 5.84. The van der Waals surface area contributed by atoms with Crippen LogP contribution < -0.4 is 15.8 Å². The van der Waals surface area contributed by atoms with Gasteiger partial charge in [-0.25, -0.2) is 0 Å². The third-order valence-corrected chi connectivity index (χ3v) is 2.44. The first-order chi connectivity index (χ1) is 8.78. The van der Waals surface area contributed by atoms with Crippen LogP contribution in [-0.4, -0.2) is 16.8 Å². The normalized spacial score (nSPS) is 10.3. The summed E-state index contributed by atoms with van der Waals surface area (Å²) < 4.78 is 5.57. The Balaban J connectivity index is 2.00. The average Bonchev–Trinajstić information content (AvgIpc) is 2.86. The van der Waals surface area contributed by atoms with E-state index in [1.54, 1.807) is 6.20 Å². The number of H-pyrrole nitrogens is 1. The molecule has 0 amide bonds. The summed E-state index contributed by atoms with van der Waals surface area (Å²) in [7, 11) is 0. The van der Waals surface area contributed by atoms with Crippen LogP contribution in [0.3, 0.4) is 0 Å². The largest absolute Gasteiger partial charge is 0.493 e. The number of nitrogen functional groups attached to an aromatic ring is 1. The van der Waals surface area contributed by atoms with Gasteiger partial charge in [0.2, 0.25) is 0 Å². The van der Waals surface area contributed by atoms with Gasteiger partial charge in [0.1, 0.15) is 5.75 Å². The van der Waals surface area contributed by atoms with Crippen molar-refractivity contribution in [2.45, 2.75) is 19.9 Å². The van der Waals surface area contributed by atoms with Crippen LogP contribution in [0.25, 0.3) is 0 Å². The molecule has 5 heteroatoms. The summed E-state index contributed by atoms with van der Waals surface area (Å²) in [6, 6.07) is 7.59. The van der Waals surface area contributed by atoms with Gasteiger partial charge in [0, 0.05) is 29.7 Å². The Bertz CT molecular complexity index is 482. The summed E-state index contributed by atoms with van der Waals surface area (Å²) in [5, 5.41) is 10.1. The third-order valence-electron chi connectivity index (χ3n) is 2.44. The second kappa shape index (κ2) is 5.95. The van der Waals surface area contributed by atoms with Crippen LogP contribution in [0.2, 0.25) is 0 Å². The predicted octanol–water partition coefficient (Wildman–Crippen LogP) is 2.39. The van der Waals surface area contributed by atoms with Crippen molar-refractivity contribution in [1.82, 2.24) is 10.2 Å². The Labute approximate surface area is 106 Å². The highest BCUT2D eigenvalue weighted by Gasteiger charge is 2.00. The fourth-order valence-corrected chi connectivity index (χ4v) is 1.61. The third kappa shape index (κ3) is 3.41. The molecule has 96 valence electrons. The summed E-state index contributed by atoms with van der Waals surface area (Å²) >= 11 is 0. The number of hydrogen-bond acceptors (Lipinski definition) is 4. The maximum absolute atomic E-state index is 5.84. The molecule has 0 atom stereocenters. The summed E-state index contributed by atoms with van der Waals surface area (Å²) in [5.41, 5.74) is 8.49. The van der Waals surface area contributed by atoms with Crippen LogP contribution in [-0.2, 0) is 6.54 Å². The van der Waals surface area contributed by atoms with Gasteiger partial charge in [0.25, 0.3) is 0 Å². The minimum Gasteiger partial charge on any atom is -0.493 e. The van der Waals surface area contributed by atoms with E-state index in [0.29, 0.717) is 18.8 Å². The Kier molecular flexibility index (Phi) is 4.06. The van der Waals surface area contributed by atoms with Gasteiger partial charge in [-0.15, -0.1) is 0 Å². The molecule has 1 heterocycles. The molecule has 2 aromatic rings. The summed E-state index contributed by atoms with van der Waals surface area (Å²) in [4.78, 5) is 0. The van der Waals surface area contributed by atoms with Gasteiger partial charge in [0.05, 0.1) is 18.8 Å². The number of hydrogen-bond donors (Lipinski definition) is 3. The predicted molar refractivity (Wildman–Crippen MR) is 72.6 cm³/mol. The molecule has 0 radical (unpaired) electrons. The molecule has 0 fully saturated rings. The van der Waals surface area contributed by atoms with Crippen molar-refractivity contribution in [2.75, 3.05) is 17.7 Å². The molecular formula is C13H18N4O. The number of nitrogens with one attached hydrogen (secondary N) is 2. The number of anilines is 2. The van der Waals surface area contributed by atoms with Gasteiger partial charge in [-0.2, -0.15) is 5.10 Å². The monoisotopic (exact) mass is 246 g/mol. The topological polar surface area (TPSA) is 76.0 Å². The van der Waals surface area contributed by atoms with E-state index in [1.165, 1.54) is 0 Å². The fourth-order valence-electron chi connectivity index (χ4n) is 1.61. The van der Waals surface area contributed by atoms with Crippen LogP contribution in [0, 0.1) is 0 Å². The lowest BCUT2D eigenvalue weighted by molar-refractivity contribution is 0.318. The first-order valence-corrected chi connectivity index (χ1v) is 6.03. The molecule has 0 saturated heterocycles. The first-order valence-electron chi connectivity index (χ1n) is 6.03. The van der Waals surface area contributed by atoms with Gasteiger partial charge in [-0.05, 0) is 18.6 Å². The van der Waals surface area contributed by atoms with Gasteiger partial charge < -0.3 is 15.8 Å². The van der Waals surface area contributed by atoms with Crippen molar-refractivity contribution >= 4 is 11.4 Å². The summed E-state index contributed by atoms with van der Waals surface area (Å²) in [6.07, 6.45) is 2.71. The van der Waals surface area contributed by atoms with E-state index in [-0.39, 0.29) is 0 Å². The van der Waals surface area contributed by atoms with Gasteiger partial charge in [0.15, 0.2) is 0 Å². The number of benzene rings is 1. The quantitative estimate of drug-likeness (QED) is 0.684. The minimum atomic E-state index is 0.677.